The molecule has 1 aliphatic heterocycles. The van der Waals surface area contributed by atoms with Gasteiger partial charge in [-0.15, -0.1) is 24.0 Å². The molecule has 0 bridgehead atoms. The number of amides is 1. The zero-order valence-corrected chi connectivity index (χ0v) is 19.2. The fourth-order valence-corrected chi connectivity index (χ4v) is 3.06. The molecule has 1 aliphatic rings. The van der Waals surface area contributed by atoms with Crippen LogP contribution < -0.4 is 10.6 Å². The predicted molar refractivity (Wildman–Crippen MR) is 122 cm³/mol. The van der Waals surface area contributed by atoms with E-state index in [0.29, 0.717) is 38.6 Å². The van der Waals surface area contributed by atoms with Gasteiger partial charge in [-0.3, -0.25) is 9.79 Å². The third-order valence-electron chi connectivity index (χ3n) is 4.55. The van der Waals surface area contributed by atoms with Crippen molar-refractivity contribution < 1.29 is 14.3 Å². The highest BCUT2D eigenvalue weighted by Crippen LogP contribution is 2.16. The zero-order valence-electron chi connectivity index (χ0n) is 16.9. The highest BCUT2D eigenvalue weighted by atomic mass is 127. The van der Waals surface area contributed by atoms with Gasteiger partial charge in [-0.1, -0.05) is 30.3 Å². The first-order valence-corrected chi connectivity index (χ1v) is 9.55. The minimum atomic E-state index is 0. The molecule has 1 aromatic carbocycles. The number of carbonyl (C=O) groups excluding carboxylic acids is 1. The van der Waals surface area contributed by atoms with Crippen LogP contribution in [0.2, 0.25) is 0 Å². The van der Waals surface area contributed by atoms with Crippen LogP contribution in [0.3, 0.4) is 0 Å². The van der Waals surface area contributed by atoms with Crippen LogP contribution in [0.15, 0.2) is 35.3 Å². The number of nitrogens with zero attached hydrogens (tertiary/aromatic N) is 2. The first-order valence-electron chi connectivity index (χ1n) is 9.55. The van der Waals surface area contributed by atoms with E-state index in [1.807, 2.05) is 30.3 Å². The third kappa shape index (κ3) is 9.20. The summed E-state index contributed by atoms with van der Waals surface area (Å²) in [6.07, 6.45) is 1.51. The van der Waals surface area contributed by atoms with E-state index in [0.717, 1.165) is 37.6 Å². The summed E-state index contributed by atoms with van der Waals surface area (Å²) >= 11 is 0. The van der Waals surface area contributed by atoms with Gasteiger partial charge in [0, 0.05) is 52.7 Å². The molecule has 1 saturated heterocycles. The van der Waals surface area contributed by atoms with Crippen molar-refractivity contribution in [2.75, 3.05) is 53.6 Å². The van der Waals surface area contributed by atoms with Gasteiger partial charge in [-0.25, -0.2) is 0 Å². The first-order chi connectivity index (χ1) is 13.2. The average molecular weight is 504 g/mol. The summed E-state index contributed by atoms with van der Waals surface area (Å²) in [5.74, 6) is 1.40. The van der Waals surface area contributed by atoms with E-state index in [-0.39, 0.29) is 29.9 Å². The molecule has 1 fully saturated rings. The van der Waals surface area contributed by atoms with Crippen molar-refractivity contribution >= 4 is 35.8 Å². The maximum atomic E-state index is 12.0. The number of nitrogens with one attached hydrogen (secondary N) is 2. The van der Waals surface area contributed by atoms with Crippen LogP contribution in [0, 0.1) is 5.92 Å². The molecule has 0 aliphatic carbocycles. The van der Waals surface area contributed by atoms with Crippen LogP contribution in [0.1, 0.15) is 18.4 Å². The van der Waals surface area contributed by atoms with Crippen molar-refractivity contribution in [2.45, 2.75) is 19.4 Å². The summed E-state index contributed by atoms with van der Waals surface area (Å²) < 4.78 is 10.6. The van der Waals surface area contributed by atoms with Crippen molar-refractivity contribution in [3.63, 3.8) is 0 Å². The lowest BCUT2D eigenvalue weighted by Crippen LogP contribution is -2.41. The molecular formula is C20H33IN4O3. The second-order valence-electron chi connectivity index (χ2n) is 6.65. The predicted octanol–water partition coefficient (Wildman–Crippen LogP) is 1.87. The number of rotatable bonds is 10. The fourth-order valence-electron chi connectivity index (χ4n) is 3.06. The Morgan fingerprint density at radius 2 is 2.04 bits per heavy atom. The normalized spacial score (nSPS) is 16.6. The molecule has 28 heavy (non-hydrogen) atoms. The second-order valence-corrected chi connectivity index (χ2v) is 6.65. The molecule has 1 heterocycles. The smallest absolute Gasteiger partial charge is 0.222 e. The summed E-state index contributed by atoms with van der Waals surface area (Å²) in [5, 5.41) is 6.23. The maximum absolute atomic E-state index is 12.0. The van der Waals surface area contributed by atoms with Gasteiger partial charge in [0.25, 0.3) is 0 Å². The molecule has 0 spiro atoms. The lowest BCUT2D eigenvalue weighted by atomic mass is 10.1. The van der Waals surface area contributed by atoms with Crippen molar-refractivity contribution in [1.82, 2.24) is 15.5 Å². The molecule has 1 aromatic rings. The Morgan fingerprint density at radius 1 is 1.25 bits per heavy atom. The van der Waals surface area contributed by atoms with Crippen LogP contribution in [0.5, 0.6) is 0 Å². The number of benzene rings is 1. The van der Waals surface area contributed by atoms with Crippen LogP contribution in [0.25, 0.3) is 0 Å². The quantitative estimate of drug-likeness (QED) is 0.220. The van der Waals surface area contributed by atoms with E-state index < -0.39 is 0 Å². The maximum Gasteiger partial charge on any atom is 0.222 e. The van der Waals surface area contributed by atoms with Crippen LogP contribution in [-0.4, -0.2) is 70.4 Å². The Kier molecular flexibility index (Phi) is 12.8. The lowest BCUT2D eigenvalue weighted by molar-refractivity contribution is -0.121. The molecule has 7 nitrogen and oxygen atoms in total. The van der Waals surface area contributed by atoms with Gasteiger partial charge in [0.05, 0.1) is 19.8 Å². The molecule has 0 saturated carbocycles. The molecule has 1 amide bonds. The Bertz CT molecular complexity index is 586. The van der Waals surface area contributed by atoms with E-state index in [1.165, 1.54) is 0 Å². The second kappa shape index (κ2) is 14.6. The van der Waals surface area contributed by atoms with E-state index in [2.05, 4.69) is 20.5 Å². The van der Waals surface area contributed by atoms with Gasteiger partial charge < -0.3 is 25.0 Å². The molecule has 1 atom stereocenters. The minimum Gasteiger partial charge on any atom is -0.382 e. The van der Waals surface area contributed by atoms with Crippen LogP contribution in [0.4, 0.5) is 0 Å². The molecular weight excluding hydrogens is 471 g/mol. The number of hydrogen-bond donors (Lipinski definition) is 2. The van der Waals surface area contributed by atoms with Crippen molar-refractivity contribution in [1.29, 1.82) is 0 Å². The highest BCUT2D eigenvalue weighted by Gasteiger charge is 2.24. The molecule has 1 unspecified atom stereocenters. The summed E-state index contributed by atoms with van der Waals surface area (Å²) in [4.78, 5) is 18.6. The first kappa shape index (κ1) is 24.6. The largest absolute Gasteiger partial charge is 0.382 e. The summed E-state index contributed by atoms with van der Waals surface area (Å²) in [5.41, 5.74) is 1.10. The summed E-state index contributed by atoms with van der Waals surface area (Å²) in [6.45, 7) is 5.03. The van der Waals surface area contributed by atoms with Gasteiger partial charge in [0.2, 0.25) is 5.91 Å². The van der Waals surface area contributed by atoms with Gasteiger partial charge in [-0.2, -0.15) is 0 Å². The Balaban J connectivity index is 0.00000392. The standard InChI is InChI=1S/C20H32N4O3.HI/c1-21-20(24-11-9-18(15-24)16-27-13-12-26-2)22-10-8-19(25)23-14-17-6-4-3-5-7-17;/h3-7,18H,8-16H2,1-2H3,(H,21,22)(H,23,25);1H. The fraction of sp³-hybridized carbons (Fsp3) is 0.600. The van der Waals surface area contributed by atoms with Gasteiger partial charge >= 0.3 is 0 Å². The van der Waals surface area contributed by atoms with Crippen molar-refractivity contribution in [3.05, 3.63) is 35.9 Å². The number of halogens is 1. The number of guanidine groups is 1. The topological polar surface area (TPSA) is 75.2 Å². The number of hydrogen-bond acceptors (Lipinski definition) is 4. The number of methoxy groups -OCH3 is 1. The van der Waals surface area contributed by atoms with E-state index in [4.69, 9.17) is 9.47 Å². The van der Waals surface area contributed by atoms with Gasteiger partial charge in [0.15, 0.2) is 5.96 Å². The zero-order chi connectivity index (χ0) is 19.3. The van der Waals surface area contributed by atoms with Crippen molar-refractivity contribution in [3.8, 4) is 0 Å². The number of likely N-dealkylation sites (tertiary alicyclic amines) is 1. The SMILES string of the molecule is CN=C(NCCC(=O)NCc1ccccc1)N1CCC(COCCOC)C1.I. The molecule has 2 rings (SSSR count). The monoisotopic (exact) mass is 504 g/mol. The van der Waals surface area contributed by atoms with Crippen LogP contribution in [-0.2, 0) is 20.8 Å². The lowest BCUT2D eigenvalue weighted by Gasteiger charge is -2.21. The van der Waals surface area contributed by atoms with E-state index in [1.54, 1.807) is 14.2 Å². The highest BCUT2D eigenvalue weighted by molar-refractivity contribution is 14.0. The summed E-state index contributed by atoms with van der Waals surface area (Å²) in [7, 11) is 3.46. The Hall–Kier alpha value is -1.39. The van der Waals surface area contributed by atoms with E-state index in [9.17, 15) is 4.79 Å². The molecule has 0 aromatic heterocycles. The van der Waals surface area contributed by atoms with Crippen molar-refractivity contribution in [2.24, 2.45) is 10.9 Å². The molecule has 158 valence electrons. The van der Waals surface area contributed by atoms with Crippen LogP contribution >= 0.6 is 24.0 Å². The summed E-state index contributed by atoms with van der Waals surface area (Å²) in [6, 6.07) is 9.92. The van der Waals surface area contributed by atoms with E-state index >= 15 is 0 Å². The molecule has 2 N–H and O–H groups in total. The number of carbonyl (C=O) groups is 1. The third-order valence-corrected chi connectivity index (χ3v) is 4.55. The molecule has 8 heteroatoms. The van der Waals surface area contributed by atoms with Gasteiger partial charge in [-0.05, 0) is 12.0 Å². The Morgan fingerprint density at radius 3 is 2.75 bits per heavy atom. The molecule has 0 radical (unpaired) electrons. The minimum absolute atomic E-state index is 0. The average Bonchev–Trinajstić information content (AvgIpc) is 3.16. The number of ether oxygens (including phenoxy) is 2. The number of aliphatic imine (C=N–C) groups is 1. The Labute approximate surface area is 185 Å². The van der Waals surface area contributed by atoms with Gasteiger partial charge in [0.1, 0.15) is 0 Å².